The summed E-state index contributed by atoms with van der Waals surface area (Å²) in [4.78, 5) is 23.0. The Kier molecular flexibility index (Phi) is 7.12. The first-order chi connectivity index (χ1) is 10.8. The molecule has 0 spiro atoms. The molecule has 0 saturated heterocycles. The van der Waals surface area contributed by atoms with E-state index in [0.29, 0.717) is 18.7 Å². The van der Waals surface area contributed by atoms with Crippen molar-refractivity contribution in [2.75, 3.05) is 20.2 Å². The van der Waals surface area contributed by atoms with Crippen LogP contribution in [-0.2, 0) is 14.3 Å². The van der Waals surface area contributed by atoms with E-state index in [1.165, 1.54) is 7.11 Å². The molecule has 6 nitrogen and oxygen atoms in total. The number of rotatable bonds is 5. The van der Waals surface area contributed by atoms with Gasteiger partial charge in [0, 0.05) is 18.8 Å². The van der Waals surface area contributed by atoms with E-state index in [1.54, 1.807) is 24.3 Å². The van der Waals surface area contributed by atoms with Gasteiger partial charge in [-0.1, -0.05) is 12.2 Å². The van der Waals surface area contributed by atoms with Crippen molar-refractivity contribution in [1.29, 1.82) is 0 Å². The average molecular weight is 320 g/mol. The summed E-state index contributed by atoms with van der Waals surface area (Å²) >= 11 is 0. The Morgan fingerprint density at radius 3 is 2.43 bits per heavy atom. The molecule has 2 N–H and O–H groups in total. The van der Waals surface area contributed by atoms with Crippen molar-refractivity contribution in [3.05, 3.63) is 47.7 Å². The van der Waals surface area contributed by atoms with Crippen LogP contribution in [0, 0.1) is 0 Å². The molecule has 1 aliphatic carbocycles. The summed E-state index contributed by atoms with van der Waals surface area (Å²) in [5.41, 5.74) is 0.772. The number of alkyl carbamates (subject to hydrolysis) is 1. The second-order valence-corrected chi connectivity index (χ2v) is 5.81. The summed E-state index contributed by atoms with van der Waals surface area (Å²) in [6, 6.07) is 0. The Bertz CT molecular complexity index is 551. The van der Waals surface area contributed by atoms with Gasteiger partial charge in [-0.05, 0) is 45.1 Å². The number of nitrogens with one attached hydrogen (secondary N) is 2. The highest BCUT2D eigenvalue weighted by atomic mass is 16.6. The van der Waals surface area contributed by atoms with Crippen LogP contribution in [0.3, 0.4) is 0 Å². The number of amides is 1. The van der Waals surface area contributed by atoms with E-state index in [2.05, 4.69) is 10.6 Å². The van der Waals surface area contributed by atoms with Crippen molar-refractivity contribution in [3.63, 3.8) is 0 Å². The smallest absolute Gasteiger partial charge is 0.407 e. The lowest BCUT2D eigenvalue weighted by Crippen LogP contribution is -2.36. The van der Waals surface area contributed by atoms with E-state index < -0.39 is 17.7 Å². The standard InChI is InChI=1S/C17H24N2O4/c1-17(2,3)23-16(21)19-12-11-18-14-8-6-5-7-13(9-10-14)15(20)22-4/h5-10,18H,11-12H2,1-4H3,(H,19,21)/b6-5?,7-5-,8-6-,10-9?,13-7?,13-9+,14-8?,14-10+. The quantitative estimate of drug-likeness (QED) is 0.600. The summed E-state index contributed by atoms with van der Waals surface area (Å²) in [5, 5.41) is 5.82. The Hall–Kier alpha value is -2.50. The van der Waals surface area contributed by atoms with E-state index in [9.17, 15) is 9.59 Å². The molecule has 0 saturated carbocycles. The fraction of sp³-hybridized carbons (Fsp3) is 0.412. The number of carbonyl (C=O) groups is 2. The molecular formula is C17H24N2O4. The lowest BCUT2D eigenvalue weighted by Gasteiger charge is -2.19. The minimum absolute atomic E-state index is 0.390. The molecule has 0 aromatic rings. The highest BCUT2D eigenvalue weighted by molar-refractivity contribution is 5.92. The molecule has 0 radical (unpaired) electrons. The SMILES string of the molecule is COC(=O)C1=C/C=C(NCCNC(=O)OC(C)(C)C)\C=C/C=C\1. The maximum absolute atomic E-state index is 11.5. The Balaban J connectivity index is 2.45. The molecule has 1 rings (SSSR count). The number of ether oxygens (including phenoxy) is 2. The third-order valence-electron chi connectivity index (χ3n) is 2.65. The van der Waals surface area contributed by atoms with Crippen LogP contribution in [0.2, 0.25) is 0 Å². The lowest BCUT2D eigenvalue weighted by molar-refractivity contribution is -0.135. The molecule has 1 amide bonds. The van der Waals surface area contributed by atoms with Gasteiger partial charge in [-0.15, -0.1) is 0 Å². The van der Waals surface area contributed by atoms with Crippen molar-refractivity contribution >= 4 is 12.1 Å². The molecule has 1 aliphatic rings. The zero-order chi connectivity index (χ0) is 17.3. The highest BCUT2D eigenvalue weighted by Gasteiger charge is 2.15. The summed E-state index contributed by atoms with van der Waals surface area (Å²) in [5.74, 6) is -0.390. The summed E-state index contributed by atoms with van der Waals surface area (Å²) in [7, 11) is 1.34. The van der Waals surface area contributed by atoms with Crippen molar-refractivity contribution in [3.8, 4) is 0 Å². The third-order valence-corrected chi connectivity index (χ3v) is 2.65. The van der Waals surface area contributed by atoms with Crippen molar-refractivity contribution in [2.45, 2.75) is 26.4 Å². The zero-order valence-electron chi connectivity index (χ0n) is 14.0. The molecule has 23 heavy (non-hydrogen) atoms. The monoisotopic (exact) mass is 320 g/mol. The molecule has 0 fully saturated rings. The normalized spacial score (nSPS) is 21.4. The van der Waals surface area contributed by atoms with E-state index >= 15 is 0 Å². The topological polar surface area (TPSA) is 76.7 Å². The molecule has 0 atom stereocenters. The molecule has 0 unspecified atom stereocenters. The summed E-state index contributed by atoms with van der Waals surface area (Å²) < 4.78 is 9.83. The Morgan fingerprint density at radius 1 is 1.09 bits per heavy atom. The second-order valence-electron chi connectivity index (χ2n) is 5.81. The molecule has 0 bridgehead atoms. The minimum atomic E-state index is -0.510. The van der Waals surface area contributed by atoms with E-state index in [-0.39, 0.29) is 0 Å². The predicted octanol–water partition coefficient (Wildman–Crippen LogP) is 2.21. The van der Waals surface area contributed by atoms with Gasteiger partial charge in [0.05, 0.1) is 12.7 Å². The Labute approximate surface area is 136 Å². The van der Waals surface area contributed by atoms with Crippen LogP contribution in [0.15, 0.2) is 47.7 Å². The van der Waals surface area contributed by atoms with Crippen LogP contribution in [0.4, 0.5) is 4.79 Å². The fourth-order valence-corrected chi connectivity index (χ4v) is 1.67. The third kappa shape index (κ3) is 7.90. The van der Waals surface area contributed by atoms with Crippen molar-refractivity contribution in [2.24, 2.45) is 0 Å². The van der Waals surface area contributed by atoms with Gasteiger partial charge in [0.2, 0.25) is 0 Å². The van der Waals surface area contributed by atoms with Gasteiger partial charge in [-0.2, -0.15) is 0 Å². The van der Waals surface area contributed by atoms with Gasteiger partial charge < -0.3 is 20.1 Å². The molecule has 0 aromatic heterocycles. The van der Waals surface area contributed by atoms with Crippen LogP contribution < -0.4 is 10.6 Å². The largest absolute Gasteiger partial charge is 0.465 e. The van der Waals surface area contributed by atoms with E-state index in [4.69, 9.17) is 9.47 Å². The van der Waals surface area contributed by atoms with Gasteiger partial charge in [0.1, 0.15) is 5.60 Å². The average Bonchev–Trinajstić information content (AvgIpc) is 2.43. The van der Waals surface area contributed by atoms with Crippen LogP contribution in [0.5, 0.6) is 0 Å². The van der Waals surface area contributed by atoms with Crippen LogP contribution >= 0.6 is 0 Å². The molecule has 0 aromatic carbocycles. The van der Waals surface area contributed by atoms with Crippen LogP contribution in [0.25, 0.3) is 0 Å². The van der Waals surface area contributed by atoms with Crippen LogP contribution in [-0.4, -0.2) is 37.9 Å². The fourth-order valence-electron chi connectivity index (χ4n) is 1.67. The van der Waals surface area contributed by atoms with Crippen LogP contribution in [0.1, 0.15) is 20.8 Å². The molecule has 6 heteroatoms. The van der Waals surface area contributed by atoms with Gasteiger partial charge in [0.25, 0.3) is 0 Å². The first-order valence-corrected chi connectivity index (χ1v) is 7.37. The van der Waals surface area contributed by atoms with Gasteiger partial charge in [-0.3, -0.25) is 0 Å². The zero-order valence-corrected chi connectivity index (χ0v) is 14.0. The second kappa shape index (κ2) is 8.82. The summed E-state index contributed by atoms with van der Waals surface area (Å²) in [6.07, 6.45) is 10.1. The minimum Gasteiger partial charge on any atom is -0.465 e. The van der Waals surface area contributed by atoms with Crippen molar-refractivity contribution in [1.82, 2.24) is 10.6 Å². The van der Waals surface area contributed by atoms with Gasteiger partial charge >= 0.3 is 12.1 Å². The number of hydrogen-bond acceptors (Lipinski definition) is 5. The number of allylic oxidation sites excluding steroid dienone is 5. The van der Waals surface area contributed by atoms with Gasteiger partial charge in [-0.25, -0.2) is 9.59 Å². The number of methoxy groups -OCH3 is 1. The number of esters is 1. The molecule has 126 valence electrons. The number of hydrogen-bond donors (Lipinski definition) is 2. The Morgan fingerprint density at radius 2 is 1.78 bits per heavy atom. The maximum Gasteiger partial charge on any atom is 0.407 e. The van der Waals surface area contributed by atoms with Gasteiger partial charge in [0.15, 0.2) is 0 Å². The molecular weight excluding hydrogens is 296 g/mol. The lowest BCUT2D eigenvalue weighted by atomic mass is 10.1. The van der Waals surface area contributed by atoms with E-state index in [0.717, 1.165) is 5.70 Å². The predicted molar refractivity (Wildman–Crippen MR) is 88.7 cm³/mol. The first-order valence-electron chi connectivity index (χ1n) is 7.37. The first kappa shape index (κ1) is 18.5. The number of carbonyl (C=O) groups excluding carboxylic acids is 2. The summed E-state index contributed by atoms with van der Waals surface area (Å²) in [6.45, 7) is 6.39. The molecule has 0 heterocycles. The maximum atomic E-state index is 11.5. The van der Waals surface area contributed by atoms with E-state index in [1.807, 2.05) is 32.9 Å². The molecule has 0 aliphatic heterocycles. The highest BCUT2D eigenvalue weighted by Crippen LogP contribution is 2.07. The van der Waals surface area contributed by atoms with Crippen molar-refractivity contribution < 1.29 is 19.1 Å².